The van der Waals surface area contributed by atoms with Crippen LogP contribution in [0.4, 0.5) is 0 Å². The van der Waals surface area contributed by atoms with Crippen molar-refractivity contribution in [2.45, 2.75) is 45.4 Å². The summed E-state index contributed by atoms with van der Waals surface area (Å²) in [5.41, 5.74) is 1.52. The summed E-state index contributed by atoms with van der Waals surface area (Å²) in [6.45, 7) is 5.66. The molecule has 1 aliphatic heterocycles. The van der Waals surface area contributed by atoms with E-state index in [0.29, 0.717) is 37.6 Å². The van der Waals surface area contributed by atoms with Crippen LogP contribution in [0.1, 0.15) is 42.6 Å². The molecule has 2 amide bonds. The van der Waals surface area contributed by atoms with Gasteiger partial charge in [0.25, 0.3) is 5.91 Å². The van der Waals surface area contributed by atoms with Crippen molar-refractivity contribution in [3.8, 4) is 5.75 Å². The van der Waals surface area contributed by atoms with E-state index in [2.05, 4.69) is 10.6 Å². The van der Waals surface area contributed by atoms with Gasteiger partial charge in [0.1, 0.15) is 18.4 Å². The number of ether oxygens (including phenoxy) is 2. The standard InChI is InChI=1S/C24H30N2O4/c1-17(2)13-22(24(28)25-20-11-12-29-16-20)26-23(27)19-9-6-10-21(14-19)30-15-18-7-4-3-5-8-18/h3-10,14,17,20,22H,11-13,15-16H2,1-2H3,(H,25,28)(H,26,27)/t20?,22-/m0/s1. The lowest BCUT2D eigenvalue weighted by Crippen LogP contribution is -2.50. The molecule has 2 aromatic carbocycles. The first-order valence-electron chi connectivity index (χ1n) is 10.5. The quantitative estimate of drug-likeness (QED) is 0.665. The monoisotopic (exact) mass is 410 g/mol. The number of carbonyl (C=O) groups excluding carboxylic acids is 2. The van der Waals surface area contributed by atoms with Gasteiger partial charge in [0.2, 0.25) is 5.91 Å². The van der Waals surface area contributed by atoms with Crippen LogP contribution in [-0.4, -0.2) is 37.1 Å². The topological polar surface area (TPSA) is 76.7 Å². The Hall–Kier alpha value is -2.86. The molecule has 1 fully saturated rings. The maximum Gasteiger partial charge on any atom is 0.252 e. The molecule has 6 heteroatoms. The number of rotatable bonds is 9. The maximum atomic E-state index is 12.8. The summed E-state index contributed by atoms with van der Waals surface area (Å²) in [6, 6.07) is 16.3. The lowest BCUT2D eigenvalue weighted by atomic mass is 10.0. The second kappa shape index (κ2) is 10.8. The molecule has 0 spiro atoms. The molecule has 0 radical (unpaired) electrons. The number of hydrogen-bond acceptors (Lipinski definition) is 4. The van der Waals surface area contributed by atoms with Crippen LogP contribution in [0.3, 0.4) is 0 Å². The fourth-order valence-electron chi connectivity index (χ4n) is 3.36. The van der Waals surface area contributed by atoms with Crippen molar-refractivity contribution in [1.82, 2.24) is 10.6 Å². The lowest BCUT2D eigenvalue weighted by Gasteiger charge is -2.22. The molecule has 6 nitrogen and oxygen atoms in total. The largest absolute Gasteiger partial charge is 0.489 e. The summed E-state index contributed by atoms with van der Waals surface area (Å²) in [4.78, 5) is 25.6. The van der Waals surface area contributed by atoms with E-state index in [4.69, 9.17) is 9.47 Å². The van der Waals surface area contributed by atoms with Crippen LogP contribution in [0.2, 0.25) is 0 Å². The number of carbonyl (C=O) groups is 2. The third-order valence-electron chi connectivity index (χ3n) is 4.95. The van der Waals surface area contributed by atoms with E-state index < -0.39 is 6.04 Å². The number of amides is 2. The third-order valence-corrected chi connectivity index (χ3v) is 4.95. The van der Waals surface area contributed by atoms with E-state index in [1.165, 1.54) is 0 Å². The normalized spacial score (nSPS) is 16.8. The van der Waals surface area contributed by atoms with E-state index in [0.717, 1.165) is 12.0 Å². The Bertz CT molecular complexity index is 832. The average molecular weight is 411 g/mol. The van der Waals surface area contributed by atoms with E-state index in [-0.39, 0.29) is 23.8 Å². The van der Waals surface area contributed by atoms with Crippen LogP contribution in [-0.2, 0) is 16.1 Å². The summed E-state index contributed by atoms with van der Waals surface area (Å²) < 4.78 is 11.1. The van der Waals surface area contributed by atoms with Crippen molar-refractivity contribution in [2.24, 2.45) is 5.92 Å². The van der Waals surface area contributed by atoms with Gasteiger partial charge in [0, 0.05) is 12.2 Å². The Morgan fingerprint density at radius 1 is 1.13 bits per heavy atom. The fourth-order valence-corrected chi connectivity index (χ4v) is 3.36. The highest BCUT2D eigenvalue weighted by molar-refractivity contribution is 5.97. The van der Waals surface area contributed by atoms with E-state index >= 15 is 0 Å². The van der Waals surface area contributed by atoms with Gasteiger partial charge in [0.05, 0.1) is 12.6 Å². The molecule has 3 rings (SSSR count). The summed E-state index contributed by atoms with van der Waals surface area (Å²) in [5.74, 6) is 0.425. The zero-order chi connectivity index (χ0) is 21.3. The van der Waals surface area contributed by atoms with Gasteiger partial charge >= 0.3 is 0 Å². The Morgan fingerprint density at radius 3 is 2.63 bits per heavy atom. The molecule has 1 saturated heterocycles. The molecule has 0 aromatic heterocycles. The molecular weight excluding hydrogens is 380 g/mol. The number of nitrogens with one attached hydrogen (secondary N) is 2. The minimum Gasteiger partial charge on any atom is -0.489 e. The summed E-state index contributed by atoms with van der Waals surface area (Å²) in [5, 5.41) is 5.88. The predicted octanol–water partition coefficient (Wildman–Crippen LogP) is 3.32. The van der Waals surface area contributed by atoms with Gasteiger partial charge < -0.3 is 20.1 Å². The van der Waals surface area contributed by atoms with Gasteiger partial charge in [-0.1, -0.05) is 50.2 Å². The van der Waals surface area contributed by atoms with Crippen LogP contribution in [0.15, 0.2) is 54.6 Å². The third kappa shape index (κ3) is 6.59. The zero-order valence-electron chi connectivity index (χ0n) is 17.6. The molecule has 160 valence electrons. The second-order valence-electron chi connectivity index (χ2n) is 8.03. The highest BCUT2D eigenvalue weighted by atomic mass is 16.5. The van der Waals surface area contributed by atoms with Gasteiger partial charge in [-0.25, -0.2) is 0 Å². The number of benzene rings is 2. The SMILES string of the molecule is CC(C)C[C@H](NC(=O)c1cccc(OCc2ccccc2)c1)C(=O)NC1CCOC1. The maximum absolute atomic E-state index is 12.8. The molecule has 0 bridgehead atoms. The minimum atomic E-state index is -0.591. The van der Waals surface area contributed by atoms with Crippen molar-refractivity contribution in [3.05, 3.63) is 65.7 Å². The van der Waals surface area contributed by atoms with Gasteiger partial charge in [-0.2, -0.15) is 0 Å². The van der Waals surface area contributed by atoms with E-state index in [9.17, 15) is 9.59 Å². The Kier molecular flexibility index (Phi) is 7.85. The van der Waals surface area contributed by atoms with Crippen LogP contribution >= 0.6 is 0 Å². The minimum absolute atomic E-state index is 0.0128. The molecule has 1 heterocycles. The van der Waals surface area contributed by atoms with Crippen molar-refractivity contribution < 1.29 is 19.1 Å². The van der Waals surface area contributed by atoms with Crippen LogP contribution in [0.25, 0.3) is 0 Å². The Labute approximate surface area is 178 Å². The van der Waals surface area contributed by atoms with Gasteiger partial charge in [0.15, 0.2) is 0 Å². The van der Waals surface area contributed by atoms with Crippen LogP contribution in [0, 0.1) is 5.92 Å². The van der Waals surface area contributed by atoms with Crippen molar-refractivity contribution in [3.63, 3.8) is 0 Å². The van der Waals surface area contributed by atoms with E-state index in [1.54, 1.807) is 18.2 Å². The molecule has 0 aliphatic carbocycles. The average Bonchev–Trinajstić information content (AvgIpc) is 3.25. The van der Waals surface area contributed by atoms with Gasteiger partial charge in [-0.15, -0.1) is 0 Å². The summed E-state index contributed by atoms with van der Waals surface area (Å²) >= 11 is 0. The first kappa shape index (κ1) is 21.8. The van der Waals surface area contributed by atoms with Crippen molar-refractivity contribution in [1.29, 1.82) is 0 Å². The molecular formula is C24H30N2O4. The van der Waals surface area contributed by atoms with Gasteiger partial charge in [-0.05, 0) is 42.5 Å². The predicted molar refractivity (Wildman–Crippen MR) is 115 cm³/mol. The zero-order valence-corrected chi connectivity index (χ0v) is 17.6. The fraction of sp³-hybridized carbons (Fsp3) is 0.417. The molecule has 30 heavy (non-hydrogen) atoms. The molecule has 1 aliphatic rings. The van der Waals surface area contributed by atoms with Crippen molar-refractivity contribution in [2.75, 3.05) is 13.2 Å². The molecule has 2 N–H and O–H groups in total. The molecule has 0 saturated carbocycles. The summed E-state index contributed by atoms with van der Waals surface area (Å²) in [7, 11) is 0. The number of hydrogen-bond donors (Lipinski definition) is 2. The molecule has 1 unspecified atom stereocenters. The first-order valence-corrected chi connectivity index (χ1v) is 10.5. The Balaban J connectivity index is 1.62. The van der Waals surface area contributed by atoms with Crippen LogP contribution < -0.4 is 15.4 Å². The lowest BCUT2D eigenvalue weighted by molar-refractivity contribution is -0.124. The highest BCUT2D eigenvalue weighted by Crippen LogP contribution is 2.16. The smallest absolute Gasteiger partial charge is 0.252 e. The van der Waals surface area contributed by atoms with Gasteiger partial charge in [-0.3, -0.25) is 9.59 Å². The molecule has 2 aromatic rings. The highest BCUT2D eigenvalue weighted by Gasteiger charge is 2.26. The van der Waals surface area contributed by atoms with E-state index in [1.807, 2.05) is 50.2 Å². The first-order chi connectivity index (χ1) is 14.5. The van der Waals surface area contributed by atoms with Crippen LogP contribution in [0.5, 0.6) is 5.75 Å². The second-order valence-corrected chi connectivity index (χ2v) is 8.03. The summed E-state index contributed by atoms with van der Waals surface area (Å²) in [6.07, 6.45) is 1.37. The molecule has 2 atom stereocenters. The van der Waals surface area contributed by atoms with Crippen molar-refractivity contribution >= 4 is 11.8 Å². The Morgan fingerprint density at radius 2 is 1.93 bits per heavy atom.